The molecule has 0 N–H and O–H groups in total. The van der Waals surface area contributed by atoms with Crippen molar-refractivity contribution in [1.29, 1.82) is 0 Å². The van der Waals surface area contributed by atoms with Gasteiger partial charge in [0.1, 0.15) is 0 Å². The quantitative estimate of drug-likeness (QED) is 0.847. The molecular weight excluding hydrogens is 312 g/mol. The van der Waals surface area contributed by atoms with Crippen molar-refractivity contribution >= 4 is 17.3 Å². The molecule has 1 fully saturated rings. The van der Waals surface area contributed by atoms with E-state index in [9.17, 15) is 9.59 Å². The van der Waals surface area contributed by atoms with Crippen LogP contribution in [0.2, 0.25) is 0 Å². The topological polar surface area (TPSA) is 40.6 Å². The Balaban J connectivity index is 1.58. The SMILES string of the molecule is CC1=C(N2CCN(c3ccccc3)CC2)C(=O)c2ccccc2C1=O. The fourth-order valence-corrected chi connectivity index (χ4v) is 3.69. The van der Waals surface area contributed by atoms with Gasteiger partial charge in [-0.3, -0.25) is 9.59 Å². The number of nitrogens with zero attached hydrogens (tertiary/aromatic N) is 2. The maximum atomic E-state index is 13.0. The van der Waals surface area contributed by atoms with Crippen molar-refractivity contribution in [3.05, 3.63) is 77.0 Å². The summed E-state index contributed by atoms with van der Waals surface area (Å²) in [7, 11) is 0. The van der Waals surface area contributed by atoms with E-state index in [2.05, 4.69) is 21.9 Å². The van der Waals surface area contributed by atoms with E-state index in [0.717, 1.165) is 26.2 Å². The van der Waals surface area contributed by atoms with Crippen molar-refractivity contribution < 1.29 is 9.59 Å². The number of hydrogen-bond donors (Lipinski definition) is 0. The largest absolute Gasteiger partial charge is 0.368 e. The molecule has 1 saturated heterocycles. The van der Waals surface area contributed by atoms with Crippen molar-refractivity contribution in [1.82, 2.24) is 4.90 Å². The van der Waals surface area contributed by atoms with Gasteiger partial charge in [-0.05, 0) is 19.1 Å². The Morgan fingerprint density at radius 1 is 0.680 bits per heavy atom. The second-order valence-electron chi connectivity index (χ2n) is 6.49. The number of para-hydroxylation sites is 1. The molecule has 126 valence electrons. The Kier molecular flexibility index (Phi) is 3.88. The first kappa shape index (κ1) is 15.6. The van der Waals surface area contributed by atoms with E-state index in [1.54, 1.807) is 25.1 Å². The first-order chi connectivity index (χ1) is 12.2. The van der Waals surface area contributed by atoms with Gasteiger partial charge in [-0.1, -0.05) is 42.5 Å². The van der Waals surface area contributed by atoms with Gasteiger partial charge in [0.25, 0.3) is 0 Å². The summed E-state index contributed by atoms with van der Waals surface area (Å²) >= 11 is 0. The van der Waals surface area contributed by atoms with Crippen molar-refractivity contribution in [2.75, 3.05) is 31.1 Å². The summed E-state index contributed by atoms with van der Waals surface area (Å²) in [6.07, 6.45) is 0. The van der Waals surface area contributed by atoms with Crippen LogP contribution in [0.25, 0.3) is 0 Å². The Morgan fingerprint density at radius 2 is 1.20 bits per heavy atom. The molecule has 2 aromatic rings. The lowest BCUT2D eigenvalue weighted by Gasteiger charge is -2.39. The molecular formula is C21H20N2O2. The van der Waals surface area contributed by atoms with Crippen LogP contribution in [0.15, 0.2) is 65.9 Å². The van der Waals surface area contributed by atoms with E-state index in [-0.39, 0.29) is 11.6 Å². The van der Waals surface area contributed by atoms with Crippen LogP contribution in [0.1, 0.15) is 27.6 Å². The molecule has 0 aromatic heterocycles. The molecule has 2 aromatic carbocycles. The highest BCUT2D eigenvalue weighted by atomic mass is 16.1. The fraction of sp³-hybridized carbons (Fsp3) is 0.238. The summed E-state index contributed by atoms with van der Waals surface area (Å²) in [4.78, 5) is 30.0. The second-order valence-corrected chi connectivity index (χ2v) is 6.49. The summed E-state index contributed by atoms with van der Waals surface area (Å²) in [6.45, 7) is 4.93. The number of carbonyl (C=O) groups excluding carboxylic acids is 2. The van der Waals surface area contributed by atoms with Gasteiger partial charge in [-0.15, -0.1) is 0 Å². The van der Waals surface area contributed by atoms with E-state index >= 15 is 0 Å². The van der Waals surface area contributed by atoms with Crippen molar-refractivity contribution in [2.45, 2.75) is 6.92 Å². The number of fused-ring (bicyclic) bond motifs is 1. The van der Waals surface area contributed by atoms with E-state index in [1.165, 1.54) is 5.69 Å². The van der Waals surface area contributed by atoms with Crippen LogP contribution in [0.3, 0.4) is 0 Å². The number of piperazine rings is 1. The smallest absolute Gasteiger partial charge is 0.210 e. The summed E-state index contributed by atoms with van der Waals surface area (Å²) in [5.41, 5.74) is 3.40. The summed E-state index contributed by atoms with van der Waals surface area (Å²) in [6, 6.07) is 17.4. The van der Waals surface area contributed by atoms with Crippen LogP contribution in [-0.2, 0) is 0 Å². The lowest BCUT2D eigenvalue weighted by atomic mass is 9.87. The average Bonchev–Trinajstić information content (AvgIpc) is 2.68. The molecule has 0 bridgehead atoms. The normalized spacial score (nSPS) is 17.8. The Bertz CT molecular complexity index is 862. The van der Waals surface area contributed by atoms with Gasteiger partial charge < -0.3 is 9.80 Å². The van der Waals surface area contributed by atoms with Crippen LogP contribution < -0.4 is 4.90 Å². The number of hydrogen-bond acceptors (Lipinski definition) is 4. The zero-order chi connectivity index (χ0) is 17.4. The zero-order valence-electron chi connectivity index (χ0n) is 14.2. The first-order valence-electron chi connectivity index (χ1n) is 8.61. The molecule has 1 heterocycles. The van der Waals surface area contributed by atoms with Gasteiger partial charge in [-0.25, -0.2) is 0 Å². The van der Waals surface area contributed by atoms with Crippen LogP contribution in [0.4, 0.5) is 5.69 Å². The second kappa shape index (κ2) is 6.20. The van der Waals surface area contributed by atoms with E-state index < -0.39 is 0 Å². The molecule has 2 aliphatic rings. The number of ketones is 2. The van der Waals surface area contributed by atoms with Gasteiger partial charge >= 0.3 is 0 Å². The van der Waals surface area contributed by atoms with Crippen LogP contribution in [-0.4, -0.2) is 42.6 Å². The number of allylic oxidation sites excluding steroid dienone is 2. The molecule has 1 aliphatic carbocycles. The first-order valence-corrected chi connectivity index (χ1v) is 8.61. The molecule has 0 atom stereocenters. The number of carbonyl (C=O) groups is 2. The van der Waals surface area contributed by atoms with E-state index in [0.29, 0.717) is 22.4 Å². The Labute approximate surface area is 147 Å². The number of Topliss-reactive ketones (excluding diaryl/α,β-unsaturated/α-hetero) is 2. The van der Waals surface area contributed by atoms with Crippen LogP contribution >= 0.6 is 0 Å². The lowest BCUT2D eigenvalue weighted by molar-refractivity contribution is 0.0938. The minimum Gasteiger partial charge on any atom is -0.368 e. The van der Waals surface area contributed by atoms with Gasteiger partial charge in [-0.2, -0.15) is 0 Å². The predicted octanol–water partition coefficient (Wildman–Crippen LogP) is 3.16. The van der Waals surface area contributed by atoms with Crippen molar-refractivity contribution in [3.8, 4) is 0 Å². The predicted molar refractivity (Wildman–Crippen MR) is 98.0 cm³/mol. The minimum atomic E-state index is -0.0318. The fourth-order valence-electron chi connectivity index (χ4n) is 3.69. The van der Waals surface area contributed by atoms with Crippen molar-refractivity contribution in [2.24, 2.45) is 0 Å². The molecule has 4 heteroatoms. The third kappa shape index (κ3) is 2.64. The standard InChI is InChI=1S/C21H20N2O2/c1-15-19(21(25)18-10-6-5-9-17(18)20(15)24)23-13-11-22(12-14-23)16-7-3-2-4-8-16/h2-10H,11-14H2,1H3. The van der Waals surface area contributed by atoms with Gasteiger partial charge in [0, 0.05) is 48.6 Å². The van der Waals surface area contributed by atoms with Crippen LogP contribution in [0.5, 0.6) is 0 Å². The zero-order valence-corrected chi connectivity index (χ0v) is 14.2. The molecule has 25 heavy (non-hydrogen) atoms. The van der Waals surface area contributed by atoms with E-state index in [4.69, 9.17) is 0 Å². The minimum absolute atomic E-state index is 0.0270. The maximum absolute atomic E-state index is 13.0. The summed E-state index contributed by atoms with van der Waals surface area (Å²) in [5, 5.41) is 0. The highest BCUT2D eigenvalue weighted by molar-refractivity contribution is 6.26. The molecule has 0 saturated carbocycles. The van der Waals surface area contributed by atoms with E-state index in [1.807, 2.05) is 24.3 Å². The van der Waals surface area contributed by atoms with Gasteiger partial charge in [0.2, 0.25) is 5.78 Å². The highest BCUT2D eigenvalue weighted by Gasteiger charge is 2.33. The molecule has 1 aliphatic heterocycles. The monoisotopic (exact) mass is 332 g/mol. The van der Waals surface area contributed by atoms with Crippen LogP contribution in [0, 0.1) is 0 Å². The Hall–Kier alpha value is -2.88. The highest BCUT2D eigenvalue weighted by Crippen LogP contribution is 2.29. The number of rotatable bonds is 2. The molecule has 0 spiro atoms. The lowest BCUT2D eigenvalue weighted by Crippen LogP contribution is -2.48. The third-order valence-electron chi connectivity index (χ3n) is 5.04. The van der Waals surface area contributed by atoms with Gasteiger partial charge in [0.15, 0.2) is 5.78 Å². The summed E-state index contributed by atoms with van der Waals surface area (Å²) < 4.78 is 0. The molecule has 4 rings (SSSR count). The summed E-state index contributed by atoms with van der Waals surface area (Å²) in [5.74, 6) is -0.0587. The number of benzene rings is 2. The molecule has 0 unspecified atom stereocenters. The van der Waals surface area contributed by atoms with Gasteiger partial charge in [0.05, 0.1) is 5.70 Å². The third-order valence-corrected chi connectivity index (χ3v) is 5.04. The maximum Gasteiger partial charge on any atom is 0.210 e. The molecule has 0 radical (unpaired) electrons. The molecule has 0 amide bonds. The average molecular weight is 332 g/mol. The van der Waals surface area contributed by atoms with Crippen molar-refractivity contribution in [3.63, 3.8) is 0 Å². The Morgan fingerprint density at radius 3 is 1.84 bits per heavy atom. The molecule has 4 nitrogen and oxygen atoms in total. The number of anilines is 1.